The summed E-state index contributed by atoms with van der Waals surface area (Å²) in [5, 5.41) is 17.8. The number of esters is 1. The van der Waals surface area contributed by atoms with Gasteiger partial charge in [-0.1, -0.05) is 0 Å². The van der Waals surface area contributed by atoms with Gasteiger partial charge in [0.05, 0.1) is 6.61 Å². The van der Waals surface area contributed by atoms with Crippen molar-refractivity contribution in [1.29, 1.82) is 0 Å². The molecule has 0 bridgehead atoms. The molecule has 1 aliphatic heterocycles. The second-order valence-electron chi connectivity index (χ2n) is 2.65. The summed E-state index contributed by atoms with van der Waals surface area (Å²) in [5.74, 6) is -0.689. The van der Waals surface area contributed by atoms with Gasteiger partial charge in [0.25, 0.3) is 0 Å². The third kappa shape index (κ3) is 1.21. The predicted octanol–water partition coefficient (Wildman–Crippen LogP) is -0.738. The average Bonchev–Trinajstić information content (AvgIpc) is 2.14. The maximum Gasteiger partial charge on any atom is 0.330 e. The molecule has 0 aliphatic carbocycles. The van der Waals surface area contributed by atoms with Crippen LogP contribution in [-0.2, 0) is 9.53 Å². The fourth-order valence-corrected chi connectivity index (χ4v) is 1.11. The highest BCUT2D eigenvalue weighted by molar-refractivity contribution is 6.34. The summed E-state index contributed by atoms with van der Waals surface area (Å²) >= 11 is 5.61. The molecule has 0 radical (unpaired) electrons. The first-order valence-corrected chi connectivity index (χ1v) is 3.57. The number of rotatable bonds is 1. The minimum atomic E-state index is -1.41. The van der Waals surface area contributed by atoms with Crippen molar-refractivity contribution in [3.8, 4) is 0 Å². The number of aliphatic hydroxyl groups excluding tert-OH is 2. The van der Waals surface area contributed by atoms with E-state index in [4.69, 9.17) is 16.7 Å². The van der Waals surface area contributed by atoms with Crippen molar-refractivity contribution in [2.24, 2.45) is 0 Å². The van der Waals surface area contributed by atoms with E-state index in [2.05, 4.69) is 4.74 Å². The maximum atomic E-state index is 10.9. The molecule has 1 aliphatic rings. The van der Waals surface area contributed by atoms with Crippen molar-refractivity contribution in [2.45, 2.75) is 24.0 Å². The third-order valence-electron chi connectivity index (χ3n) is 1.75. The molecule has 1 fully saturated rings. The highest BCUT2D eigenvalue weighted by atomic mass is 35.5. The van der Waals surface area contributed by atoms with E-state index in [1.165, 1.54) is 6.92 Å². The van der Waals surface area contributed by atoms with Crippen LogP contribution in [0.4, 0.5) is 0 Å². The predicted molar refractivity (Wildman–Crippen MR) is 37.2 cm³/mol. The van der Waals surface area contributed by atoms with Gasteiger partial charge in [0.2, 0.25) is 0 Å². The van der Waals surface area contributed by atoms with Crippen LogP contribution in [0.15, 0.2) is 0 Å². The lowest BCUT2D eigenvalue weighted by atomic mass is 10.0. The molecule has 3 atom stereocenters. The lowest BCUT2D eigenvalue weighted by molar-refractivity contribution is -0.144. The van der Waals surface area contributed by atoms with Gasteiger partial charge in [0.1, 0.15) is 6.10 Å². The summed E-state index contributed by atoms with van der Waals surface area (Å²) in [6, 6.07) is 0. The number of alkyl halides is 1. The van der Waals surface area contributed by atoms with Crippen LogP contribution in [0.25, 0.3) is 0 Å². The van der Waals surface area contributed by atoms with Gasteiger partial charge in [-0.05, 0) is 6.92 Å². The van der Waals surface area contributed by atoms with Gasteiger partial charge in [-0.3, -0.25) is 4.79 Å². The molecule has 64 valence electrons. The molecule has 0 unspecified atom stereocenters. The first kappa shape index (κ1) is 8.77. The van der Waals surface area contributed by atoms with Gasteiger partial charge in [-0.25, -0.2) is 0 Å². The molecule has 11 heavy (non-hydrogen) atoms. The Morgan fingerprint density at radius 1 is 1.82 bits per heavy atom. The molecule has 0 spiro atoms. The Hall–Kier alpha value is -0.320. The van der Waals surface area contributed by atoms with Crippen LogP contribution < -0.4 is 0 Å². The largest absolute Gasteiger partial charge is 0.456 e. The number of carbonyl (C=O) groups is 1. The lowest BCUT2D eigenvalue weighted by Gasteiger charge is -2.15. The molecule has 5 heteroatoms. The molecule has 0 saturated carbocycles. The molecule has 1 saturated heterocycles. The van der Waals surface area contributed by atoms with E-state index in [0.717, 1.165) is 0 Å². The quantitative estimate of drug-likeness (QED) is 0.412. The van der Waals surface area contributed by atoms with Crippen LogP contribution in [0.2, 0.25) is 0 Å². The summed E-state index contributed by atoms with van der Waals surface area (Å²) in [4.78, 5) is 9.44. The zero-order valence-electron chi connectivity index (χ0n) is 5.95. The zero-order chi connectivity index (χ0) is 8.65. The number of hydrogen-bond donors (Lipinski definition) is 2. The molecule has 0 aromatic carbocycles. The Morgan fingerprint density at radius 3 is 2.55 bits per heavy atom. The van der Waals surface area contributed by atoms with Crippen molar-refractivity contribution < 1.29 is 19.7 Å². The van der Waals surface area contributed by atoms with Gasteiger partial charge in [0.15, 0.2) is 11.0 Å². The molecule has 0 amide bonds. The number of carbonyl (C=O) groups excluding carboxylic acids is 1. The van der Waals surface area contributed by atoms with Crippen molar-refractivity contribution in [1.82, 2.24) is 0 Å². The number of ether oxygens (including phenoxy) is 1. The molecule has 4 nitrogen and oxygen atoms in total. The highest BCUT2D eigenvalue weighted by Crippen LogP contribution is 2.31. The summed E-state index contributed by atoms with van der Waals surface area (Å²) in [6.07, 6.45) is -2.02. The fraction of sp³-hybridized carbons (Fsp3) is 0.833. The van der Waals surface area contributed by atoms with E-state index in [1.807, 2.05) is 0 Å². The first-order chi connectivity index (χ1) is 5.00. The second-order valence-corrected chi connectivity index (χ2v) is 3.43. The van der Waals surface area contributed by atoms with Crippen molar-refractivity contribution in [3.63, 3.8) is 0 Å². The normalized spacial score (nSPS) is 44.2. The topological polar surface area (TPSA) is 66.8 Å². The molecular formula is C6H9ClO4. The minimum Gasteiger partial charge on any atom is -0.456 e. The number of halogens is 1. The number of aliphatic hydroxyl groups is 2. The number of cyclic esters (lactones) is 1. The Bertz CT molecular complexity index is 179. The van der Waals surface area contributed by atoms with Gasteiger partial charge in [0, 0.05) is 0 Å². The Morgan fingerprint density at radius 2 is 2.36 bits per heavy atom. The van der Waals surface area contributed by atoms with Crippen LogP contribution >= 0.6 is 11.6 Å². The standard InChI is InChI=1S/C6H9ClO4/c1-6(7)4(9)3(2-8)11-5(6)10/h3-4,8-9H,2H2,1H3/t3-,4+,6+/m0/s1. The lowest BCUT2D eigenvalue weighted by Crippen LogP contribution is -2.39. The Balaban J connectivity index is 2.80. The van der Waals surface area contributed by atoms with Crippen molar-refractivity contribution >= 4 is 17.6 Å². The monoisotopic (exact) mass is 180 g/mol. The zero-order valence-corrected chi connectivity index (χ0v) is 6.71. The fourth-order valence-electron chi connectivity index (χ4n) is 0.924. The highest BCUT2D eigenvalue weighted by Gasteiger charge is 2.52. The van der Waals surface area contributed by atoms with Crippen molar-refractivity contribution in [2.75, 3.05) is 6.61 Å². The summed E-state index contributed by atoms with van der Waals surface area (Å²) in [5.41, 5.74) is 0. The van der Waals surface area contributed by atoms with Crippen LogP contribution in [-0.4, -0.2) is 39.9 Å². The van der Waals surface area contributed by atoms with Crippen LogP contribution in [0.5, 0.6) is 0 Å². The molecule has 0 aromatic heterocycles. The molecule has 1 rings (SSSR count). The van der Waals surface area contributed by atoms with E-state index in [9.17, 15) is 9.90 Å². The van der Waals surface area contributed by atoms with Gasteiger partial charge >= 0.3 is 5.97 Å². The third-order valence-corrected chi connectivity index (χ3v) is 2.12. The molecule has 1 heterocycles. The second kappa shape index (κ2) is 2.62. The molecular weight excluding hydrogens is 172 g/mol. The van der Waals surface area contributed by atoms with Crippen LogP contribution in [0, 0.1) is 0 Å². The summed E-state index contributed by atoms with van der Waals surface area (Å²) < 4.78 is 4.57. The number of hydrogen-bond acceptors (Lipinski definition) is 4. The molecule has 0 aromatic rings. The Kier molecular flexibility index (Phi) is 2.09. The SMILES string of the molecule is C[C@]1(Cl)C(=O)O[C@@H](CO)[C@H]1O. The van der Waals surface area contributed by atoms with Gasteiger partial charge in [-0.2, -0.15) is 0 Å². The van der Waals surface area contributed by atoms with Crippen LogP contribution in [0.1, 0.15) is 6.92 Å². The van der Waals surface area contributed by atoms with E-state index in [0.29, 0.717) is 0 Å². The summed E-state index contributed by atoms with van der Waals surface area (Å²) in [6.45, 7) is 0.951. The Labute approximate surface area is 68.7 Å². The minimum absolute atomic E-state index is 0.408. The summed E-state index contributed by atoms with van der Waals surface area (Å²) in [7, 11) is 0. The van der Waals surface area contributed by atoms with Crippen LogP contribution in [0.3, 0.4) is 0 Å². The van der Waals surface area contributed by atoms with E-state index in [1.54, 1.807) is 0 Å². The van der Waals surface area contributed by atoms with Crippen molar-refractivity contribution in [3.05, 3.63) is 0 Å². The smallest absolute Gasteiger partial charge is 0.330 e. The van der Waals surface area contributed by atoms with Gasteiger partial charge < -0.3 is 14.9 Å². The van der Waals surface area contributed by atoms with E-state index < -0.39 is 29.7 Å². The van der Waals surface area contributed by atoms with E-state index in [-0.39, 0.29) is 0 Å². The maximum absolute atomic E-state index is 10.9. The molecule has 2 N–H and O–H groups in total. The van der Waals surface area contributed by atoms with Gasteiger partial charge in [-0.15, -0.1) is 11.6 Å². The van der Waals surface area contributed by atoms with E-state index >= 15 is 0 Å². The first-order valence-electron chi connectivity index (χ1n) is 3.19. The average molecular weight is 181 g/mol.